The molecule has 1 aliphatic carbocycles. The third kappa shape index (κ3) is 4.59. The second-order valence-electron chi connectivity index (χ2n) is 9.93. The van der Waals surface area contributed by atoms with E-state index in [0.717, 1.165) is 48.1 Å². The fraction of sp³-hybridized carbons (Fsp3) is 0.538. The highest BCUT2D eigenvalue weighted by atomic mass is 16.2. The van der Waals surface area contributed by atoms with Gasteiger partial charge < -0.3 is 9.80 Å². The molecule has 2 aromatic rings. The number of likely N-dealkylation sites (tertiary alicyclic amines) is 1. The first-order valence-corrected chi connectivity index (χ1v) is 12.1. The third-order valence-corrected chi connectivity index (χ3v) is 7.24. The predicted molar refractivity (Wildman–Crippen MR) is 129 cm³/mol. The summed E-state index contributed by atoms with van der Waals surface area (Å²) in [5.41, 5.74) is 4.24. The van der Waals surface area contributed by atoms with E-state index >= 15 is 0 Å². The van der Waals surface area contributed by atoms with Crippen molar-refractivity contribution in [1.82, 2.24) is 14.9 Å². The van der Waals surface area contributed by atoms with Crippen LogP contribution in [0.15, 0.2) is 24.3 Å². The Labute approximate surface area is 195 Å². The van der Waals surface area contributed by atoms with E-state index in [1.165, 1.54) is 18.4 Å². The standard InChI is InChI=1S/C26H33N5O2/c1-17-5-4-6-21(13-17)29(3)11-10-23(32)30-12-9-20(16-30)25-27-18(2)22-14-24(33)31(26(22)28-25)15-19-7-8-19/h4-6,13,19-20H,7-12,14-16H2,1-3H3/t20-/m1/s1. The molecule has 0 radical (unpaired) electrons. The topological polar surface area (TPSA) is 69.6 Å². The van der Waals surface area contributed by atoms with Crippen molar-refractivity contribution < 1.29 is 9.59 Å². The first-order chi connectivity index (χ1) is 15.9. The van der Waals surface area contributed by atoms with Crippen LogP contribution in [0.4, 0.5) is 11.5 Å². The summed E-state index contributed by atoms with van der Waals surface area (Å²) >= 11 is 0. The quantitative estimate of drug-likeness (QED) is 0.652. The second-order valence-corrected chi connectivity index (χ2v) is 9.93. The molecule has 3 aliphatic rings. The van der Waals surface area contributed by atoms with Gasteiger partial charge in [0.25, 0.3) is 0 Å². The highest BCUT2D eigenvalue weighted by Crippen LogP contribution is 2.37. The normalized spacial score (nSPS) is 19.8. The summed E-state index contributed by atoms with van der Waals surface area (Å²) in [6.07, 6.45) is 4.18. The Morgan fingerprint density at radius 1 is 1.18 bits per heavy atom. The minimum absolute atomic E-state index is 0.130. The van der Waals surface area contributed by atoms with Crippen molar-refractivity contribution in [2.24, 2.45) is 5.92 Å². The highest BCUT2D eigenvalue weighted by molar-refractivity contribution is 6.00. The van der Waals surface area contributed by atoms with Gasteiger partial charge >= 0.3 is 0 Å². The molecule has 2 fully saturated rings. The summed E-state index contributed by atoms with van der Waals surface area (Å²) in [5, 5.41) is 0. The highest BCUT2D eigenvalue weighted by Gasteiger charge is 2.37. The largest absolute Gasteiger partial charge is 0.374 e. The Balaban J connectivity index is 1.22. The summed E-state index contributed by atoms with van der Waals surface area (Å²) < 4.78 is 0. The van der Waals surface area contributed by atoms with Crippen molar-refractivity contribution in [1.29, 1.82) is 0 Å². The number of aromatic nitrogens is 2. The number of benzene rings is 1. The molecular formula is C26H33N5O2. The molecular weight excluding hydrogens is 414 g/mol. The van der Waals surface area contributed by atoms with Crippen LogP contribution in [0.2, 0.25) is 0 Å². The van der Waals surface area contributed by atoms with Crippen LogP contribution in [-0.2, 0) is 16.0 Å². The van der Waals surface area contributed by atoms with Gasteiger partial charge in [-0.15, -0.1) is 0 Å². The van der Waals surface area contributed by atoms with E-state index in [1.807, 2.05) is 29.8 Å². The van der Waals surface area contributed by atoms with Gasteiger partial charge in [-0.2, -0.15) is 0 Å². The van der Waals surface area contributed by atoms with Crippen LogP contribution in [0.25, 0.3) is 0 Å². The predicted octanol–water partition coefficient (Wildman–Crippen LogP) is 3.23. The van der Waals surface area contributed by atoms with E-state index in [1.54, 1.807) is 0 Å². The van der Waals surface area contributed by atoms with Gasteiger partial charge in [0.05, 0.1) is 6.42 Å². The Hall–Kier alpha value is -2.96. The van der Waals surface area contributed by atoms with Gasteiger partial charge in [0.1, 0.15) is 11.6 Å². The van der Waals surface area contributed by atoms with E-state index in [-0.39, 0.29) is 17.7 Å². The summed E-state index contributed by atoms with van der Waals surface area (Å²) in [7, 11) is 2.03. The molecule has 3 heterocycles. The minimum atomic E-state index is 0.130. The maximum Gasteiger partial charge on any atom is 0.232 e. The molecule has 0 bridgehead atoms. The summed E-state index contributed by atoms with van der Waals surface area (Å²) in [6.45, 7) is 6.93. The zero-order valence-electron chi connectivity index (χ0n) is 19.9. The fourth-order valence-corrected chi connectivity index (χ4v) is 4.94. The Morgan fingerprint density at radius 2 is 2.00 bits per heavy atom. The number of hydrogen-bond donors (Lipinski definition) is 0. The zero-order valence-corrected chi connectivity index (χ0v) is 19.9. The van der Waals surface area contributed by atoms with Crippen LogP contribution in [0.5, 0.6) is 0 Å². The SMILES string of the molecule is Cc1cccc(N(C)CCC(=O)N2CC[C@@H](c3nc(C)c4c(n3)N(CC3CC3)C(=O)C4)C2)c1. The number of anilines is 2. The lowest BCUT2D eigenvalue weighted by Gasteiger charge is -2.22. The summed E-state index contributed by atoms with van der Waals surface area (Å²) in [5.74, 6) is 2.68. The number of fused-ring (bicyclic) bond motifs is 1. The number of rotatable bonds is 7. The average Bonchev–Trinajstić information content (AvgIpc) is 3.37. The van der Waals surface area contributed by atoms with E-state index in [0.29, 0.717) is 31.8 Å². The first-order valence-electron chi connectivity index (χ1n) is 12.1. The Kier molecular flexibility index (Phi) is 5.81. The zero-order chi connectivity index (χ0) is 23.1. The number of hydrogen-bond acceptors (Lipinski definition) is 5. The Morgan fingerprint density at radius 3 is 2.76 bits per heavy atom. The number of aryl methyl sites for hydroxylation is 2. The van der Waals surface area contributed by atoms with Crippen molar-refractivity contribution in [3.8, 4) is 0 Å². The lowest BCUT2D eigenvalue weighted by atomic mass is 10.1. The molecule has 7 heteroatoms. The third-order valence-electron chi connectivity index (χ3n) is 7.24. The number of nitrogens with zero attached hydrogens (tertiary/aromatic N) is 5. The molecule has 33 heavy (non-hydrogen) atoms. The Bertz CT molecular complexity index is 1080. The van der Waals surface area contributed by atoms with Crippen molar-refractivity contribution in [3.05, 3.63) is 46.9 Å². The number of amides is 2. The van der Waals surface area contributed by atoms with Crippen molar-refractivity contribution in [2.75, 3.05) is 43.0 Å². The molecule has 174 valence electrons. The van der Waals surface area contributed by atoms with Crippen LogP contribution in [0.1, 0.15) is 54.2 Å². The van der Waals surface area contributed by atoms with Gasteiger partial charge in [-0.3, -0.25) is 14.5 Å². The van der Waals surface area contributed by atoms with Gasteiger partial charge in [0.15, 0.2) is 0 Å². The molecule has 2 amide bonds. The molecule has 1 aromatic carbocycles. The monoisotopic (exact) mass is 447 g/mol. The lowest BCUT2D eigenvalue weighted by Crippen LogP contribution is -2.32. The van der Waals surface area contributed by atoms with Crippen LogP contribution < -0.4 is 9.80 Å². The molecule has 7 nitrogen and oxygen atoms in total. The van der Waals surface area contributed by atoms with E-state index in [4.69, 9.17) is 9.97 Å². The van der Waals surface area contributed by atoms with Crippen LogP contribution >= 0.6 is 0 Å². The molecule has 5 rings (SSSR count). The average molecular weight is 448 g/mol. The minimum Gasteiger partial charge on any atom is -0.374 e. The van der Waals surface area contributed by atoms with Crippen LogP contribution in [-0.4, -0.2) is 59.9 Å². The second kappa shape index (κ2) is 8.76. The van der Waals surface area contributed by atoms with E-state index in [2.05, 4.69) is 30.0 Å². The molecule has 1 saturated carbocycles. The smallest absolute Gasteiger partial charge is 0.232 e. The van der Waals surface area contributed by atoms with Gasteiger partial charge in [0, 0.05) is 62.5 Å². The van der Waals surface area contributed by atoms with Gasteiger partial charge in [0.2, 0.25) is 11.8 Å². The number of carbonyl (C=O) groups is 2. The van der Waals surface area contributed by atoms with Crippen molar-refractivity contribution >= 4 is 23.3 Å². The summed E-state index contributed by atoms with van der Waals surface area (Å²) in [6, 6.07) is 8.35. The van der Waals surface area contributed by atoms with Gasteiger partial charge in [-0.1, -0.05) is 12.1 Å². The molecule has 1 atom stereocenters. The number of carbonyl (C=O) groups excluding carboxylic acids is 2. The van der Waals surface area contributed by atoms with E-state index < -0.39 is 0 Å². The maximum absolute atomic E-state index is 12.9. The van der Waals surface area contributed by atoms with Crippen molar-refractivity contribution in [2.45, 2.75) is 51.9 Å². The van der Waals surface area contributed by atoms with Gasteiger partial charge in [-0.05, 0) is 56.7 Å². The summed E-state index contributed by atoms with van der Waals surface area (Å²) in [4.78, 5) is 41.1. The fourth-order valence-electron chi connectivity index (χ4n) is 4.94. The lowest BCUT2D eigenvalue weighted by molar-refractivity contribution is -0.130. The van der Waals surface area contributed by atoms with Crippen molar-refractivity contribution in [3.63, 3.8) is 0 Å². The first kappa shape index (κ1) is 21.9. The molecule has 0 N–H and O–H groups in total. The molecule has 2 aliphatic heterocycles. The molecule has 1 saturated heterocycles. The van der Waals surface area contributed by atoms with Crippen LogP contribution in [0, 0.1) is 19.8 Å². The maximum atomic E-state index is 12.9. The van der Waals surface area contributed by atoms with E-state index in [9.17, 15) is 9.59 Å². The molecule has 0 spiro atoms. The van der Waals surface area contributed by atoms with Crippen LogP contribution in [0.3, 0.4) is 0 Å². The van der Waals surface area contributed by atoms with Gasteiger partial charge in [-0.25, -0.2) is 9.97 Å². The molecule has 1 aromatic heterocycles. The molecule has 0 unspecified atom stereocenters.